The zero-order valence-corrected chi connectivity index (χ0v) is 11.5. The Morgan fingerprint density at radius 1 is 1.18 bits per heavy atom. The van der Waals surface area contributed by atoms with E-state index in [4.69, 9.17) is 9.47 Å². The zero-order valence-electron chi connectivity index (χ0n) is 11.5. The molecule has 1 fully saturated rings. The van der Waals surface area contributed by atoms with Gasteiger partial charge in [0.05, 0.1) is 19.3 Å². The predicted molar refractivity (Wildman–Crippen MR) is 71.4 cm³/mol. The molecule has 0 saturated heterocycles. The van der Waals surface area contributed by atoms with Crippen LogP contribution >= 0.6 is 0 Å². The van der Waals surface area contributed by atoms with E-state index in [1.807, 2.05) is 0 Å². The monoisotopic (exact) mass is 243 g/mol. The fourth-order valence-electron chi connectivity index (χ4n) is 1.72. The van der Waals surface area contributed by atoms with Gasteiger partial charge in [-0.15, -0.1) is 0 Å². The van der Waals surface area contributed by atoms with Gasteiger partial charge in [0.1, 0.15) is 0 Å². The van der Waals surface area contributed by atoms with Gasteiger partial charge < -0.3 is 14.8 Å². The summed E-state index contributed by atoms with van der Waals surface area (Å²) in [6.45, 7) is 7.83. The molecule has 0 aromatic heterocycles. The molecule has 0 radical (unpaired) electrons. The molecular weight excluding hydrogens is 214 g/mol. The van der Waals surface area contributed by atoms with E-state index in [9.17, 15) is 0 Å². The minimum Gasteiger partial charge on any atom is -0.379 e. The van der Waals surface area contributed by atoms with Gasteiger partial charge >= 0.3 is 0 Å². The van der Waals surface area contributed by atoms with E-state index in [-0.39, 0.29) is 0 Å². The van der Waals surface area contributed by atoms with Gasteiger partial charge in [-0.2, -0.15) is 0 Å². The van der Waals surface area contributed by atoms with Crippen molar-refractivity contribution in [3.63, 3.8) is 0 Å². The van der Waals surface area contributed by atoms with Crippen molar-refractivity contribution in [3.8, 4) is 0 Å². The Kier molecular flexibility index (Phi) is 8.67. The quantitative estimate of drug-likeness (QED) is 0.535. The topological polar surface area (TPSA) is 30.5 Å². The maximum Gasteiger partial charge on any atom is 0.0704 e. The molecule has 0 aromatic carbocycles. The number of rotatable bonds is 12. The van der Waals surface area contributed by atoms with Crippen molar-refractivity contribution in [1.82, 2.24) is 5.32 Å². The van der Waals surface area contributed by atoms with Crippen molar-refractivity contribution in [1.29, 1.82) is 0 Å². The van der Waals surface area contributed by atoms with Crippen LogP contribution in [0, 0.1) is 0 Å². The molecule has 1 aliphatic rings. The van der Waals surface area contributed by atoms with Crippen LogP contribution in [0.25, 0.3) is 0 Å². The SMILES string of the molecule is CCCCOCCOC(C)CCCNC1CC1. The first-order valence-corrected chi connectivity index (χ1v) is 7.25. The largest absolute Gasteiger partial charge is 0.379 e. The van der Waals surface area contributed by atoms with Gasteiger partial charge in [-0.3, -0.25) is 0 Å². The van der Waals surface area contributed by atoms with E-state index in [2.05, 4.69) is 19.2 Å². The zero-order chi connectivity index (χ0) is 12.3. The molecule has 1 unspecified atom stereocenters. The number of ether oxygens (including phenoxy) is 2. The fourth-order valence-corrected chi connectivity index (χ4v) is 1.72. The van der Waals surface area contributed by atoms with E-state index in [0.717, 1.165) is 45.2 Å². The number of hydrogen-bond donors (Lipinski definition) is 1. The van der Waals surface area contributed by atoms with Gasteiger partial charge in [-0.05, 0) is 45.6 Å². The van der Waals surface area contributed by atoms with Crippen LogP contribution in [0.3, 0.4) is 0 Å². The molecule has 0 spiro atoms. The van der Waals surface area contributed by atoms with Crippen LogP contribution in [-0.4, -0.2) is 38.5 Å². The molecule has 3 nitrogen and oxygen atoms in total. The number of nitrogens with one attached hydrogen (secondary N) is 1. The normalized spacial score (nSPS) is 17.3. The third kappa shape index (κ3) is 9.57. The Bertz CT molecular complexity index is 172. The van der Waals surface area contributed by atoms with E-state index in [1.54, 1.807) is 0 Å². The summed E-state index contributed by atoms with van der Waals surface area (Å²) < 4.78 is 11.1. The molecule has 1 aliphatic carbocycles. The summed E-state index contributed by atoms with van der Waals surface area (Å²) >= 11 is 0. The number of unbranched alkanes of at least 4 members (excludes halogenated alkanes) is 1. The van der Waals surface area contributed by atoms with Gasteiger partial charge in [0.2, 0.25) is 0 Å². The average molecular weight is 243 g/mol. The highest BCUT2D eigenvalue weighted by Crippen LogP contribution is 2.18. The summed E-state index contributed by atoms with van der Waals surface area (Å²) in [5.41, 5.74) is 0. The summed E-state index contributed by atoms with van der Waals surface area (Å²) in [5.74, 6) is 0. The molecule has 3 heteroatoms. The van der Waals surface area contributed by atoms with Crippen molar-refractivity contribution in [3.05, 3.63) is 0 Å². The Hall–Kier alpha value is -0.120. The van der Waals surface area contributed by atoms with Crippen molar-refractivity contribution in [2.75, 3.05) is 26.4 Å². The molecule has 17 heavy (non-hydrogen) atoms. The first-order chi connectivity index (χ1) is 8.33. The summed E-state index contributed by atoms with van der Waals surface area (Å²) in [7, 11) is 0. The lowest BCUT2D eigenvalue weighted by atomic mass is 10.2. The Labute approximate surface area is 106 Å². The fraction of sp³-hybridized carbons (Fsp3) is 1.00. The minimum absolute atomic E-state index is 0.366. The van der Waals surface area contributed by atoms with Crippen LogP contribution in [0.1, 0.15) is 52.4 Å². The third-order valence-electron chi connectivity index (χ3n) is 3.07. The van der Waals surface area contributed by atoms with Crippen molar-refractivity contribution in [2.24, 2.45) is 0 Å². The smallest absolute Gasteiger partial charge is 0.0704 e. The molecule has 102 valence electrons. The summed E-state index contributed by atoms with van der Waals surface area (Å²) in [6.07, 6.45) is 7.84. The second-order valence-corrected chi connectivity index (χ2v) is 5.02. The van der Waals surface area contributed by atoms with Gasteiger partial charge in [-0.1, -0.05) is 13.3 Å². The summed E-state index contributed by atoms with van der Waals surface area (Å²) in [5, 5.41) is 3.52. The highest BCUT2D eigenvalue weighted by Gasteiger charge is 2.19. The van der Waals surface area contributed by atoms with Crippen LogP contribution in [0.4, 0.5) is 0 Å². The molecule has 1 saturated carbocycles. The standard InChI is InChI=1S/C14H29NO2/c1-3-4-10-16-11-12-17-13(2)6-5-9-15-14-7-8-14/h13-15H,3-12H2,1-2H3. The molecule has 1 N–H and O–H groups in total. The van der Waals surface area contributed by atoms with Crippen molar-refractivity contribution >= 4 is 0 Å². The van der Waals surface area contributed by atoms with Crippen LogP contribution in [0.15, 0.2) is 0 Å². The van der Waals surface area contributed by atoms with Gasteiger partial charge in [0.15, 0.2) is 0 Å². The second-order valence-electron chi connectivity index (χ2n) is 5.02. The molecule has 1 atom stereocenters. The molecule has 0 heterocycles. The Morgan fingerprint density at radius 2 is 2.00 bits per heavy atom. The first kappa shape index (κ1) is 14.9. The molecule has 0 amide bonds. The van der Waals surface area contributed by atoms with E-state index in [1.165, 1.54) is 25.7 Å². The lowest BCUT2D eigenvalue weighted by Crippen LogP contribution is -2.20. The van der Waals surface area contributed by atoms with Gasteiger partial charge in [0, 0.05) is 12.6 Å². The summed E-state index contributed by atoms with van der Waals surface area (Å²) in [6, 6.07) is 0.832. The minimum atomic E-state index is 0.366. The highest BCUT2D eigenvalue weighted by atomic mass is 16.5. The first-order valence-electron chi connectivity index (χ1n) is 7.25. The molecule has 0 aromatic rings. The molecule has 0 bridgehead atoms. The lowest BCUT2D eigenvalue weighted by molar-refractivity contribution is 0.00805. The third-order valence-corrected chi connectivity index (χ3v) is 3.07. The maximum absolute atomic E-state index is 5.69. The second kappa shape index (κ2) is 9.86. The van der Waals surface area contributed by atoms with Crippen LogP contribution in [0.5, 0.6) is 0 Å². The average Bonchev–Trinajstić information content (AvgIpc) is 3.13. The van der Waals surface area contributed by atoms with Crippen LogP contribution < -0.4 is 5.32 Å². The van der Waals surface area contributed by atoms with Crippen molar-refractivity contribution < 1.29 is 9.47 Å². The Balaban J connectivity index is 1.75. The van der Waals surface area contributed by atoms with Gasteiger partial charge in [0.25, 0.3) is 0 Å². The van der Waals surface area contributed by atoms with E-state index >= 15 is 0 Å². The predicted octanol–water partition coefficient (Wildman–Crippen LogP) is 2.74. The summed E-state index contributed by atoms with van der Waals surface area (Å²) in [4.78, 5) is 0. The molecular formula is C14H29NO2. The lowest BCUT2D eigenvalue weighted by Gasteiger charge is -2.13. The van der Waals surface area contributed by atoms with E-state index < -0.39 is 0 Å². The van der Waals surface area contributed by atoms with Crippen LogP contribution in [-0.2, 0) is 9.47 Å². The highest BCUT2D eigenvalue weighted by molar-refractivity contribution is 4.80. The van der Waals surface area contributed by atoms with Crippen molar-refractivity contribution in [2.45, 2.75) is 64.5 Å². The maximum atomic E-state index is 5.69. The van der Waals surface area contributed by atoms with Gasteiger partial charge in [-0.25, -0.2) is 0 Å². The Morgan fingerprint density at radius 3 is 2.71 bits per heavy atom. The molecule has 1 rings (SSSR count). The molecule has 0 aliphatic heterocycles. The number of hydrogen-bond acceptors (Lipinski definition) is 3. The van der Waals surface area contributed by atoms with Crippen LogP contribution in [0.2, 0.25) is 0 Å². The van der Waals surface area contributed by atoms with E-state index in [0.29, 0.717) is 6.10 Å².